The Bertz CT molecular complexity index is 813. The second-order valence-corrected chi connectivity index (χ2v) is 7.71. The molecule has 144 valence electrons. The van der Waals surface area contributed by atoms with Gasteiger partial charge in [0.2, 0.25) is 5.91 Å². The van der Waals surface area contributed by atoms with E-state index in [9.17, 15) is 14.0 Å². The molecule has 1 atom stereocenters. The molecule has 1 aromatic carbocycles. The predicted octanol–water partition coefficient (Wildman–Crippen LogP) is 3.94. The van der Waals surface area contributed by atoms with Crippen LogP contribution in [0.1, 0.15) is 47.1 Å². The monoisotopic (exact) mass is 390 g/mol. The molecule has 0 radical (unpaired) electrons. The second kappa shape index (κ2) is 8.71. The van der Waals surface area contributed by atoms with Crippen LogP contribution < -0.4 is 4.90 Å². The van der Waals surface area contributed by atoms with Gasteiger partial charge in [-0.2, -0.15) is 0 Å². The fourth-order valence-corrected chi connectivity index (χ4v) is 4.13. The number of carbonyl (C=O) groups excluding carboxylic acids is 2. The highest BCUT2D eigenvalue weighted by Crippen LogP contribution is 2.28. The Kier molecular flexibility index (Phi) is 6.34. The van der Waals surface area contributed by atoms with E-state index in [-0.39, 0.29) is 30.0 Å². The highest BCUT2D eigenvalue weighted by Gasteiger charge is 2.27. The number of Topliss-reactive ketones (excluding diaryl/α,β-unsaturated/α-hetero) is 1. The van der Waals surface area contributed by atoms with Crippen molar-refractivity contribution in [3.63, 3.8) is 0 Å². The molecular weight excluding hydrogens is 367 g/mol. The van der Waals surface area contributed by atoms with Crippen LogP contribution in [0.2, 0.25) is 0 Å². The fraction of sp³-hybridized carbons (Fsp3) is 0.450. The maximum atomic E-state index is 13.0. The number of hydrogen-bond donors (Lipinski definition) is 0. The number of carbonyl (C=O) groups is 2. The average molecular weight is 390 g/mol. The summed E-state index contributed by atoms with van der Waals surface area (Å²) in [6.07, 6.45) is 2.69. The summed E-state index contributed by atoms with van der Waals surface area (Å²) in [4.78, 5) is 31.4. The molecule has 0 saturated carbocycles. The topological polar surface area (TPSA) is 59.5 Å². The molecule has 7 heteroatoms. The summed E-state index contributed by atoms with van der Waals surface area (Å²) >= 11 is 1.25. The van der Waals surface area contributed by atoms with Crippen LogP contribution in [0.3, 0.4) is 0 Å². The quantitative estimate of drug-likeness (QED) is 0.672. The smallest absolute Gasteiger partial charge is 0.229 e. The van der Waals surface area contributed by atoms with Crippen LogP contribution in [0.4, 0.5) is 9.52 Å². The number of benzene rings is 1. The highest BCUT2D eigenvalue weighted by molar-refractivity contribution is 7.17. The van der Waals surface area contributed by atoms with Gasteiger partial charge in [0, 0.05) is 20.0 Å². The molecule has 2 aromatic rings. The summed E-state index contributed by atoms with van der Waals surface area (Å²) in [6.45, 7) is 4.43. The van der Waals surface area contributed by atoms with E-state index in [1.54, 1.807) is 24.0 Å². The van der Waals surface area contributed by atoms with Gasteiger partial charge in [0.25, 0.3) is 0 Å². The Labute approximate surface area is 162 Å². The molecule has 1 aliphatic rings. The Morgan fingerprint density at radius 3 is 2.67 bits per heavy atom. The third-order valence-electron chi connectivity index (χ3n) is 4.59. The van der Waals surface area contributed by atoms with Crippen molar-refractivity contribution < 1.29 is 18.7 Å². The van der Waals surface area contributed by atoms with Gasteiger partial charge in [0.05, 0.1) is 23.2 Å². The molecule has 1 aliphatic heterocycles. The molecule has 0 spiro atoms. The van der Waals surface area contributed by atoms with E-state index in [2.05, 4.69) is 4.98 Å². The number of aryl methyl sites for hydroxylation is 2. The van der Waals surface area contributed by atoms with E-state index in [4.69, 9.17) is 4.74 Å². The Balaban J connectivity index is 1.75. The first-order valence-electron chi connectivity index (χ1n) is 9.09. The minimum absolute atomic E-state index is 0.00949. The molecule has 0 N–H and O–H groups in total. The van der Waals surface area contributed by atoms with Gasteiger partial charge in [-0.25, -0.2) is 9.37 Å². The standard InChI is InChI=1S/C20H23FN2O3S/c1-13-19(14(2)24)27-20(22-13)23(12-17-4-3-11-26-17)18(25)10-7-15-5-8-16(21)9-6-15/h5-6,8-9,17H,3-4,7,10-12H2,1-2H3/t17-/m1/s1. The molecule has 1 aromatic heterocycles. The summed E-state index contributed by atoms with van der Waals surface area (Å²) in [6, 6.07) is 6.17. The van der Waals surface area contributed by atoms with Crippen molar-refractivity contribution in [2.24, 2.45) is 0 Å². The number of amides is 1. The van der Waals surface area contributed by atoms with E-state index in [0.717, 1.165) is 18.4 Å². The van der Waals surface area contributed by atoms with Crippen molar-refractivity contribution in [3.05, 3.63) is 46.2 Å². The fourth-order valence-electron chi connectivity index (χ4n) is 3.14. The molecule has 0 aliphatic carbocycles. The highest BCUT2D eigenvalue weighted by atomic mass is 32.1. The van der Waals surface area contributed by atoms with Crippen LogP contribution in [-0.2, 0) is 16.0 Å². The summed E-state index contributed by atoms with van der Waals surface area (Å²) < 4.78 is 18.7. The zero-order valence-electron chi connectivity index (χ0n) is 15.5. The van der Waals surface area contributed by atoms with Crippen LogP contribution in [0.15, 0.2) is 24.3 Å². The lowest BCUT2D eigenvalue weighted by Gasteiger charge is -2.23. The number of rotatable bonds is 7. The van der Waals surface area contributed by atoms with Gasteiger partial charge in [-0.3, -0.25) is 14.5 Å². The first-order valence-corrected chi connectivity index (χ1v) is 9.90. The van der Waals surface area contributed by atoms with Gasteiger partial charge in [-0.1, -0.05) is 23.5 Å². The molecule has 0 bridgehead atoms. The van der Waals surface area contributed by atoms with Crippen molar-refractivity contribution in [1.29, 1.82) is 0 Å². The number of hydrogen-bond acceptors (Lipinski definition) is 5. The maximum Gasteiger partial charge on any atom is 0.229 e. The number of aromatic nitrogens is 1. The van der Waals surface area contributed by atoms with Gasteiger partial charge >= 0.3 is 0 Å². The normalized spacial score (nSPS) is 16.5. The van der Waals surface area contributed by atoms with Gasteiger partial charge in [0.1, 0.15) is 5.82 Å². The zero-order chi connectivity index (χ0) is 19.4. The molecule has 0 unspecified atom stereocenters. The predicted molar refractivity (Wildman–Crippen MR) is 103 cm³/mol. The minimum atomic E-state index is -0.292. The summed E-state index contributed by atoms with van der Waals surface area (Å²) in [5.74, 6) is -0.411. The van der Waals surface area contributed by atoms with E-state index in [1.807, 2.05) is 0 Å². The van der Waals surface area contributed by atoms with E-state index >= 15 is 0 Å². The van der Waals surface area contributed by atoms with Crippen LogP contribution in [-0.4, -0.2) is 35.9 Å². The van der Waals surface area contributed by atoms with Crippen molar-refractivity contribution in [3.8, 4) is 0 Å². The molecule has 3 rings (SSSR count). The third-order valence-corrected chi connectivity index (χ3v) is 5.87. The first kappa shape index (κ1) is 19.6. The lowest BCUT2D eigenvalue weighted by Crippen LogP contribution is -2.37. The van der Waals surface area contributed by atoms with Crippen LogP contribution in [0, 0.1) is 12.7 Å². The number of ketones is 1. The zero-order valence-corrected chi connectivity index (χ0v) is 16.4. The lowest BCUT2D eigenvalue weighted by molar-refractivity contribution is -0.119. The van der Waals surface area contributed by atoms with Crippen LogP contribution in [0.5, 0.6) is 0 Å². The number of thiazole rings is 1. The maximum absolute atomic E-state index is 13.0. The van der Waals surface area contributed by atoms with Crippen molar-refractivity contribution in [1.82, 2.24) is 4.98 Å². The second-order valence-electron chi connectivity index (χ2n) is 6.73. The van der Waals surface area contributed by atoms with E-state index < -0.39 is 0 Å². The minimum Gasteiger partial charge on any atom is -0.376 e. The molecule has 2 heterocycles. The van der Waals surface area contributed by atoms with Gasteiger partial charge in [-0.15, -0.1) is 0 Å². The average Bonchev–Trinajstić information content (AvgIpc) is 3.28. The molecule has 27 heavy (non-hydrogen) atoms. The molecule has 1 fully saturated rings. The number of anilines is 1. The number of nitrogens with zero attached hydrogens (tertiary/aromatic N) is 2. The van der Waals surface area contributed by atoms with Crippen LogP contribution >= 0.6 is 11.3 Å². The van der Waals surface area contributed by atoms with Crippen molar-refractivity contribution >= 4 is 28.2 Å². The first-order chi connectivity index (χ1) is 12.9. The van der Waals surface area contributed by atoms with Gasteiger partial charge in [-0.05, 0) is 43.9 Å². The lowest BCUT2D eigenvalue weighted by atomic mass is 10.1. The summed E-state index contributed by atoms with van der Waals surface area (Å²) in [5.41, 5.74) is 1.55. The Hall–Kier alpha value is -2.12. The van der Waals surface area contributed by atoms with E-state index in [1.165, 1.54) is 30.4 Å². The summed E-state index contributed by atoms with van der Waals surface area (Å²) in [7, 11) is 0. The Morgan fingerprint density at radius 2 is 2.07 bits per heavy atom. The molecule has 5 nitrogen and oxygen atoms in total. The summed E-state index contributed by atoms with van der Waals surface area (Å²) in [5, 5.41) is 0.539. The molecule has 1 saturated heterocycles. The van der Waals surface area contributed by atoms with Crippen molar-refractivity contribution in [2.75, 3.05) is 18.1 Å². The van der Waals surface area contributed by atoms with E-state index in [0.29, 0.717) is 35.3 Å². The molecule has 1 amide bonds. The SMILES string of the molecule is CC(=O)c1sc(N(C[C@H]2CCCO2)C(=O)CCc2ccc(F)cc2)nc1C. The largest absolute Gasteiger partial charge is 0.376 e. The van der Waals surface area contributed by atoms with Gasteiger partial charge in [0.15, 0.2) is 10.9 Å². The van der Waals surface area contributed by atoms with Crippen molar-refractivity contribution in [2.45, 2.75) is 45.6 Å². The third kappa shape index (κ3) is 4.99. The van der Waals surface area contributed by atoms with Gasteiger partial charge < -0.3 is 4.74 Å². The number of ether oxygens (including phenoxy) is 1. The molecular formula is C20H23FN2O3S. The number of halogens is 1. The van der Waals surface area contributed by atoms with Crippen LogP contribution in [0.25, 0.3) is 0 Å². The Morgan fingerprint density at radius 1 is 1.33 bits per heavy atom.